The lowest BCUT2D eigenvalue weighted by Crippen LogP contribution is -2.28. The normalized spacial score (nSPS) is 10.5. The average Bonchev–Trinajstić information content (AvgIpc) is 2.66. The van der Waals surface area contributed by atoms with Gasteiger partial charge in [-0.1, -0.05) is 11.6 Å². The van der Waals surface area contributed by atoms with Crippen LogP contribution in [0.2, 0.25) is 5.02 Å². The Morgan fingerprint density at radius 1 is 0.923 bits per heavy atom. The SMILES string of the molecule is CCN(CC)c1ccc(NC(=O)c2ccc(Cl)cc2)c(N(CC)CC)n1. The first-order valence-corrected chi connectivity index (χ1v) is 9.49. The van der Waals surface area contributed by atoms with E-state index in [1.807, 2.05) is 12.1 Å². The number of amides is 1. The van der Waals surface area contributed by atoms with E-state index in [-0.39, 0.29) is 5.91 Å². The summed E-state index contributed by atoms with van der Waals surface area (Å²) >= 11 is 5.90. The summed E-state index contributed by atoms with van der Waals surface area (Å²) < 4.78 is 0. The second-order valence-electron chi connectivity index (χ2n) is 5.85. The maximum absolute atomic E-state index is 12.6. The van der Waals surface area contributed by atoms with Gasteiger partial charge in [0, 0.05) is 36.8 Å². The number of rotatable bonds is 8. The van der Waals surface area contributed by atoms with Crippen molar-refractivity contribution in [1.29, 1.82) is 0 Å². The molecule has 0 atom stereocenters. The quantitative estimate of drug-likeness (QED) is 0.728. The molecular weight excluding hydrogens is 348 g/mol. The Bertz CT molecular complexity index is 725. The Morgan fingerprint density at radius 3 is 2.04 bits per heavy atom. The monoisotopic (exact) mass is 374 g/mol. The summed E-state index contributed by atoms with van der Waals surface area (Å²) in [5, 5.41) is 3.60. The van der Waals surface area contributed by atoms with Crippen molar-refractivity contribution in [2.75, 3.05) is 41.3 Å². The van der Waals surface area contributed by atoms with Crippen molar-refractivity contribution in [2.24, 2.45) is 0 Å². The molecule has 6 heteroatoms. The van der Waals surface area contributed by atoms with E-state index < -0.39 is 0 Å². The Kier molecular flexibility index (Phi) is 7.27. The van der Waals surface area contributed by atoms with Gasteiger partial charge in [0.05, 0.1) is 5.69 Å². The van der Waals surface area contributed by atoms with E-state index in [1.54, 1.807) is 24.3 Å². The van der Waals surface area contributed by atoms with E-state index in [4.69, 9.17) is 16.6 Å². The Hall–Kier alpha value is -2.27. The fourth-order valence-corrected chi connectivity index (χ4v) is 2.95. The highest BCUT2D eigenvalue weighted by Crippen LogP contribution is 2.28. The predicted molar refractivity (Wildman–Crippen MR) is 111 cm³/mol. The summed E-state index contributed by atoms with van der Waals surface area (Å²) in [6.45, 7) is 11.8. The van der Waals surface area contributed by atoms with Gasteiger partial charge in [0.25, 0.3) is 5.91 Å². The Morgan fingerprint density at radius 2 is 1.50 bits per heavy atom. The first-order valence-electron chi connectivity index (χ1n) is 9.11. The zero-order chi connectivity index (χ0) is 19.1. The summed E-state index contributed by atoms with van der Waals surface area (Å²) in [6, 6.07) is 10.7. The molecule has 0 aliphatic heterocycles. The van der Waals surface area contributed by atoms with Crippen LogP contribution >= 0.6 is 11.6 Å². The second-order valence-corrected chi connectivity index (χ2v) is 6.28. The van der Waals surface area contributed by atoms with Crippen molar-refractivity contribution < 1.29 is 4.79 Å². The molecule has 0 bridgehead atoms. The summed E-state index contributed by atoms with van der Waals surface area (Å²) in [6.07, 6.45) is 0. The molecule has 140 valence electrons. The lowest BCUT2D eigenvalue weighted by Gasteiger charge is -2.26. The number of nitrogens with zero attached hydrogens (tertiary/aromatic N) is 3. The third kappa shape index (κ3) is 4.67. The lowest BCUT2D eigenvalue weighted by molar-refractivity contribution is 0.102. The van der Waals surface area contributed by atoms with Crippen molar-refractivity contribution in [3.05, 3.63) is 47.0 Å². The number of carbonyl (C=O) groups is 1. The smallest absolute Gasteiger partial charge is 0.255 e. The van der Waals surface area contributed by atoms with Crippen LogP contribution < -0.4 is 15.1 Å². The van der Waals surface area contributed by atoms with Gasteiger partial charge in [-0.2, -0.15) is 0 Å². The van der Waals surface area contributed by atoms with Crippen molar-refractivity contribution in [2.45, 2.75) is 27.7 Å². The number of aromatic nitrogens is 1. The number of anilines is 3. The molecule has 0 saturated carbocycles. The molecule has 0 saturated heterocycles. The summed E-state index contributed by atoms with van der Waals surface area (Å²) in [5.41, 5.74) is 1.28. The summed E-state index contributed by atoms with van der Waals surface area (Å²) in [5.74, 6) is 1.54. The maximum atomic E-state index is 12.6. The fraction of sp³-hybridized carbons (Fsp3) is 0.400. The van der Waals surface area contributed by atoms with E-state index in [0.29, 0.717) is 16.3 Å². The van der Waals surface area contributed by atoms with Gasteiger partial charge in [-0.3, -0.25) is 4.79 Å². The number of nitrogens with one attached hydrogen (secondary N) is 1. The molecule has 1 amide bonds. The first-order chi connectivity index (χ1) is 12.5. The Labute approximate surface area is 161 Å². The van der Waals surface area contributed by atoms with Crippen LogP contribution in [0.1, 0.15) is 38.1 Å². The van der Waals surface area contributed by atoms with Crippen molar-refractivity contribution in [3.63, 3.8) is 0 Å². The van der Waals surface area contributed by atoms with Gasteiger partial charge in [-0.25, -0.2) is 4.98 Å². The molecule has 26 heavy (non-hydrogen) atoms. The van der Waals surface area contributed by atoms with Gasteiger partial charge < -0.3 is 15.1 Å². The number of carbonyl (C=O) groups excluding carboxylic acids is 1. The largest absolute Gasteiger partial charge is 0.357 e. The minimum Gasteiger partial charge on any atom is -0.357 e. The minimum atomic E-state index is -0.174. The van der Waals surface area contributed by atoms with Crippen LogP contribution in [0.25, 0.3) is 0 Å². The van der Waals surface area contributed by atoms with Crippen LogP contribution in [0.5, 0.6) is 0 Å². The molecule has 0 fully saturated rings. The zero-order valence-corrected chi connectivity index (χ0v) is 16.7. The van der Waals surface area contributed by atoms with Gasteiger partial charge in [-0.05, 0) is 64.1 Å². The standard InChI is InChI=1S/C20H27ClN4O/c1-5-24(6-2)18-14-13-17(19(23-18)25(7-3)8-4)22-20(26)15-9-11-16(21)12-10-15/h9-14H,5-8H2,1-4H3,(H,22,26). The summed E-state index contributed by atoms with van der Waals surface area (Å²) in [7, 11) is 0. The topological polar surface area (TPSA) is 48.5 Å². The van der Waals surface area contributed by atoms with Crippen LogP contribution in [-0.2, 0) is 0 Å². The highest BCUT2D eigenvalue weighted by Gasteiger charge is 2.16. The molecule has 1 aromatic heterocycles. The van der Waals surface area contributed by atoms with E-state index in [9.17, 15) is 4.79 Å². The molecule has 1 N–H and O–H groups in total. The Balaban J connectivity index is 2.36. The summed E-state index contributed by atoms with van der Waals surface area (Å²) in [4.78, 5) is 21.8. The zero-order valence-electron chi connectivity index (χ0n) is 15.9. The molecule has 0 aliphatic rings. The van der Waals surface area contributed by atoms with Gasteiger partial charge in [0.15, 0.2) is 5.82 Å². The number of hydrogen-bond donors (Lipinski definition) is 1. The van der Waals surface area contributed by atoms with Crippen LogP contribution in [0.15, 0.2) is 36.4 Å². The molecule has 0 unspecified atom stereocenters. The number of pyridine rings is 1. The van der Waals surface area contributed by atoms with Crippen LogP contribution in [0.3, 0.4) is 0 Å². The maximum Gasteiger partial charge on any atom is 0.255 e. The van der Waals surface area contributed by atoms with E-state index in [2.05, 4.69) is 42.8 Å². The molecular formula is C20H27ClN4O. The lowest BCUT2D eigenvalue weighted by atomic mass is 10.2. The molecule has 2 rings (SSSR count). The van der Waals surface area contributed by atoms with E-state index >= 15 is 0 Å². The van der Waals surface area contributed by atoms with Gasteiger partial charge in [0.1, 0.15) is 5.82 Å². The highest BCUT2D eigenvalue weighted by molar-refractivity contribution is 6.30. The van der Waals surface area contributed by atoms with Gasteiger partial charge in [0.2, 0.25) is 0 Å². The van der Waals surface area contributed by atoms with Crippen molar-refractivity contribution in [1.82, 2.24) is 4.98 Å². The van der Waals surface area contributed by atoms with Crippen LogP contribution in [0.4, 0.5) is 17.3 Å². The van der Waals surface area contributed by atoms with Crippen molar-refractivity contribution >= 4 is 34.8 Å². The third-order valence-electron chi connectivity index (χ3n) is 4.37. The molecule has 5 nitrogen and oxygen atoms in total. The highest BCUT2D eigenvalue weighted by atomic mass is 35.5. The van der Waals surface area contributed by atoms with E-state index in [1.165, 1.54) is 0 Å². The molecule has 1 aromatic carbocycles. The molecule has 0 spiro atoms. The molecule has 1 heterocycles. The third-order valence-corrected chi connectivity index (χ3v) is 4.62. The van der Waals surface area contributed by atoms with Gasteiger partial charge in [-0.15, -0.1) is 0 Å². The minimum absolute atomic E-state index is 0.174. The first kappa shape index (κ1) is 20.0. The molecule has 0 aliphatic carbocycles. The van der Waals surface area contributed by atoms with Crippen LogP contribution in [-0.4, -0.2) is 37.1 Å². The number of halogens is 1. The number of hydrogen-bond acceptors (Lipinski definition) is 4. The average molecular weight is 375 g/mol. The molecule has 0 radical (unpaired) electrons. The van der Waals surface area contributed by atoms with Crippen molar-refractivity contribution in [3.8, 4) is 0 Å². The van der Waals surface area contributed by atoms with E-state index in [0.717, 1.165) is 37.8 Å². The molecule has 2 aromatic rings. The van der Waals surface area contributed by atoms with Crippen LogP contribution in [0, 0.1) is 0 Å². The second kappa shape index (κ2) is 9.43. The fourth-order valence-electron chi connectivity index (χ4n) is 2.82. The number of benzene rings is 1. The predicted octanol–water partition coefficient (Wildman–Crippen LogP) is 4.68. The van der Waals surface area contributed by atoms with Gasteiger partial charge >= 0.3 is 0 Å².